The SMILES string of the molecule is CC1CCn2n[c]cc21. The first-order valence-electron chi connectivity index (χ1n) is 3.32. The van der Waals surface area contributed by atoms with Crippen molar-refractivity contribution in [1.29, 1.82) is 0 Å². The van der Waals surface area contributed by atoms with Gasteiger partial charge in [-0.05, 0) is 18.4 Å². The van der Waals surface area contributed by atoms with E-state index in [2.05, 4.69) is 18.2 Å². The first-order valence-corrected chi connectivity index (χ1v) is 3.32. The van der Waals surface area contributed by atoms with Crippen molar-refractivity contribution in [1.82, 2.24) is 9.78 Å². The Labute approximate surface area is 54.5 Å². The van der Waals surface area contributed by atoms with Crippen molar-refractivity contribution < 1.29 is 0 Å². The van der Waals surface area contributed by atoms with Gasteiger partial charge in [-0.15, -0.1) is 0 Å². The van der Waals surface area contributed by atoms with E-state index in [9.17, 15) is 0 Å². The van der Waals surface area contributed by atoms with Crippen molar-refractivity contribution >= 4 is 0 Å². The number of nitrogens with zero attached hydrogens (tertiary/aromatic N) is 2. The Kier molecular flexibility index (Phi) is 0.891. The summed E-state index contributed by atoms with van der Waals surface area (Å²) in [6.07, 6.45) is 4.09. The Morgan fingerprint density at radius 3 is 3.56 bits per heavy atom. The van der Waals surface area contributed by atoms with Gasteiger partial charge in [0.1, 0.15) is 6.20 Å². The van der Waals surface area contributed by atoms with Crippen molar-refractivity contribution in [2.45, 2.75) is 25.8 Å². The Hall–Kier alpha value is -0.790. The van der Waals surface area contributed by atoms with Crippen LogP contribution in [0.25, 0.3) is 0 Å². The van der Waals surface area contributed by atoms with Gasteiger partial charge in [-0.25, -0.2) is 0 Å². The lowest BCUT2D eigenvalue weighted by Crippen LogP contribution is -1.92. The highest BCUT2D eigenvalue weighted by Gasteiger charge is 2.17. The Morgan fingerprint density at radius 2 is 2.78 bits per heavy atom. The average molecular weight is 121 g/mol. The average Bonchev–Trinajstić information content (AvgIpc) is 2.35. The van der Waals surface area contributed by atoms with Gasteiger partial charge in [-0.1, -0.05) is 6.92 Å². The number of hydrogen-bond acceptors (Lipinski definition) is 1. The van der Waals surface area contributed by atoms with Gasteiger partial charge in [-0.2, -0.15) is 5.10 Å². The van der Waals surface area contributed by atoms with Crippen molar-refractivity contribution in [3.05, 3.63) is 18.0 Å². The van der Waals surface area contributed by atoms with Gasteiger partial charge >= 0.3 is 0 Å². The first-order chi connectivity index (χ1) is 4.38. The predicted octanol–water partition coefficient (Wildman–Crippen LogP) is 1.19. The molecule has 0 bridgehead atoms. The summed E-state index contributed by atoms with van der Waals surface area (Å²) < 4.78 is 2.03. The van der Waals surface area contributed by atoms with Crippen LogP contribution in [-0.2, 0) is 6.54 Å². The van der Waals surface area contributed by atoms with Gasteiger partial charge in [0.2, 0.25) is 0 Å². The van der Waals surface area contributed by atoms with Crippen LogP contribution in [-0.4, -0.2) is 9.78 Å². The Morgan fingerprint density at radius 1 is 1.89 bits per heavy atom. The molecule has 0 saturated carbocycles. The molecule has 2 rings (SSSR count). The highest BCUT2D eigenvalue weighted by molar-refractivity contribution is 5.09. The minimum absolute atomic E-state index is 0.698. The molecule has 0 aromatic carbocycles. The number of rotatable bonds is 0. The van der Waals surface area contributed by atoms with Gasteiger partial charge in [0.25, 0.3) is 0 Å². The molecule has 1 aliphatic heterocycles. The summed E-state index contributed by atoms with van der Waals surface area (Å²) in [4.78, 5) is 0. The van der Waals surface area contributed by atoms with E-state index >= 15 is 0 Å². The summed E-state index contributed by atoms with van der Waals surface area (Å²) in [6.45, 7) is 3.31. The monoisotopic (exact) mass is 121 g/mol. The van der Waals surface area contributed by atoms with Crippen LogP contribution in [0.15, 0.2) is 6.07 Å². The molecule has 0 N–H and O–H groups in total. The maximum atomic E-state index is 4.04. The molecule has 0 fully saturated rings. The third kappa shape index (κ3) is 0.590. The number of hydrogen-bond donors (Lipinski definition) is 0. The molecular weight excluding hydrogens is 112 g/mol. The Balaban J connectivity index is 2.49. The molecule has 0 amide bonds. The lowest BCUT2D eigenvalue weighted by molar-refractivity contribution is 0.642. The summed E-state index contributed by atoms with van der Waals surface area (Å²) in [5, 5.41) is 4.04. The second-order valence-corrected chi connectivity index (χ2v) is 2.61. The summed E-state index contributed by atoms with van der Waals surface area (Å²) in [7, 11) is 0. The van der Waals surface area contributed by atoms with Crippen LogP contribution >= 0.6 is 0 Å². The fourth-order valence-electron chi connectivity index (χ4n) is 1.34. The van der Waals surface area contributed by atoms with Gasteiger partial charge in [-0.3, -0.25) is 4.68 Å². The van der Waals surface area contributed by atoms with Crippen LogP contribution in [0.5, 0.6) is 0 Å². The summed E-state index contributed by atoms with van der Waals surface area (Å²) in [6, 6.07) is 1.98. The number of aromatic nitrogens is 2. The topological polar surface area (TPSA) is 17.8 Å². The minimum atomic E-state index is 0.698. The minimum Gasteiger partial charge on any atom is -0.269 e. The van der Waals surface area contributed by atoms with Crippen molar-refractivity contribution in [2.24, 2.45) is 0 Å². The van der Waals surface area contributed by atoms with E-state index in [1.165, 1.54) is 12.1 Å². The lowest BCUT2D eigenvalue weighted by atomic mass is 10.1. The highest BCUT2D eigenvalue weighted by atomic mass is 15.3. The normalized spacial score (nSPS) is 24.3. The molecule has 0 saturated heterocycles. The molecule has 0 aliphatic carbocycles. The van der Waals surface area contributed by atoms with Crippen LogP contribution in [0.3, 0.4) is 0 Å². The van der Waals surface area contributed by atoms with E-state index in [1.807, 2.05) is 10.7 Å². The van der Waals surface area contributed by atoms with E-state index in [4.69, 9.17) is 0 Å². The zero-order valence-electron chi connectivity index (χ0n) is 5.46. The lowest BCUT2D eigenvalue weighted by Gasteiger charge is -1.94. The van der Waals surface area contributed by atoms with Crippen molar-refractivity contribution in [3.8, 4) is 0 Å². The second-order valence-electron chi connectivity index (χ2n) is 2.61. The molecular formula is C7H9N2. The summed E-state index contributed by atoms with van der Waals surface area (Å²) in [5.74, 6) is 0.698. The molecule has 0 spiro atoms. The molecule has 1 radical (unpaired) electrons. The second kappa shape index (κ2) is 1.59. The molecule has 47 valence electrons. The molecule has 1 aromatic rings. The maximum absolute atomic E-state index is 4.04. The molecule has 2 nitrogen and oxygen atoms in total. The van der Waals surface area contributed by atoms with Crippen LogP contribution in [0, 0.1) is 6.20 Å². The zero-order chi connectivity index (χ0) is 6.27. The zero-order valence-corrected chi connectivity index (χ0v) is 5.46. The van der Waals surface area contributed by atoms with Crippen LogP contribution in [0.1, 0.15) is 25.0 Å². The van der Waals surface area contributed by atoms with Gasteiger partial charge in [0.05, 0.1) is 0 Å². The predicted molar refractivity (Wildman–Crippen MR) is 34.1 cm³/mol. The van der Waals surface area contributed by atoms with Gasteiger partial charge in [0, 0.05) is 12.2 Å². The summed E-state index contributed by atoms with van der Waals surface area (Å²) in [5.41, 5.74) is 1.34. The van der Waals surface area contributed by atoms with Crippen LogP contribution in [0.2, 0.25) is 0 Å². The molecule has 1 aromatic heterocycles. The third-order valence-corrected chi connectivity index (χ3v) is 1.97. The van der Waals surface area contributed by atoms with E-state index in [0.717, 1.165) is 6.54 Å². The first kappa shape index (κ1) is 5.03. The maximum Gasteiger partial charge on any atom is 0.113 e. The van der Waals surface area contributed by atoms with Crippen LogP contribution in [0.4, 0.5) is 0 Å². The number of fused-ring (bicyclic) bond motifs is 1. The van der Waals surface area contributed by atoms with E-state index < -0.39 is 0 Å². The van der Waals surface area contributed by atoms with Crippen LogP contribution < -0.4 is 0 Å². The Bertz CT molecular complexity index is 214. The standard InChI is InChI=1S/C7H9N2/c1-6-3-5-9-7(6)2-4-8-9/h2,6H,3,5H2,1H3. The fraction of sp³-hybridized carbons (Fsp3) is 0.571. The molecule has 2 heterocycles. The van der Waals surface area contributed by atoms with E-state index in [0.29, 0.717) is 5.92 Å². The molecule has 9 heavy (non-hydrogen) atoms. The molecule has 1 aliphatic rings. The fourth-order valence-corrected chi connectivity index (χ4v) is 1.34. The molecule has 2 heteroatoms. The largest absolute Gasteiger partial charge is 0.269 e. The quantitative estimate of drug-likeness (QED) is 0.504. The smallest absolute Gasteiger partial charge is 0.113 e. The molecule has 1 unspecified atom stereocenters. The number of aryl methyl sites for hydroxylation is 1. The summed E-state index contributed by atoms with van der Waals surface area (Å²) >= 11 is 0. The van der Waals surface area contributed by atoms with E-state index in [-0.39, 0.29) is 0 Å². The van der Waals surface area contributed by atoms with Gasteiger partial charge < -0.3 is 0 Å². The van der Waals surface area contributed by atoms with Crippen molar-refractivity contribution in [3.63, 3.8) is 0 Å². The van der Waals surface area contributed by atoms with Gasteiger partial charge in [0.15, 0.2) is 0 Å². The van der Waals surface area contributed by atoms with E-state index in [1.54, 1.807) is 0 Å². The molecule has 1 atom stereocenters. The third-order valence-electron chi connectivity index (χ3n) is 1.97. The van der Waals surface area contributed by atoms with Crippen molar-refractivity contribution in [2.75, 3.05) is 0 Å². The highest BCUT2D eigenvalue weighted by Crippen LogP contribution is 2.25.